The largest absolute Gasteiger partial charge is 0.508 e. The van der Waals surface area contributed by atoms with Gasteiger partial charge >= 0.3 is 0 Å². The Balaban J connectivity index is 2.08. The van der Waals surface area contributed by atoms with Gasteiger partial charge in [-0.15, -0.1) is 0 Å². The molecule has 1 atom stereocenters. The summed E-state index contributed by atoms with van der Waals surface area (Å²) in [5.74, 6) is 0.280. The van der Waals surface area contributed by atoms with E-state index in [1.165, 1.54) is 6.42 Å². The molecule has 4 nitrogen and oxygen atoms in total. The molecule has 0 saturated carbocycles. The Morgan fingerprint density at radius 2 is 2.11 bits per heavy atom. The second-order valence-electron chi connectivity index (χ2n) is 5.09. The van der Waals surface area contributed by atoms with Gasteiger partial charge in [-0.05, 0) is 63.5 Å². The van der Waals surface area contributed by atoms with E-state index in [1.54, 1.807) is 24.3 Å². The molecule has 1 aromatic rings. The van der Waals surface area contributed by atoms with Gasteiger partial charge in [0, 0.05) is 18.2 Å². The number of benzene rings is 1. The van der Waals surface area contributed by atoms with Crippen LogP contribution in [0.15, 0.2) is 24.3 Å². The summed E-state index contributed by atoms with van der Waals surface area (Å²) in [5.41, 5.74) is 0.661. The molecule has 104 valence electrons. The lowest BCUT2D eigenvalue weighted by Gasteiger charge is -2.36. The average Bonchev–Trinajstić information content (AvgIpc) is 2.45. The number of hydrogen-bond acceptors (Lipinski definition) is 3. The van der Waals surface area contributed by atoms with Gasteiger partial charge in [0.1, 0.15) is 5.75 Å². The van der Waals surface area contributed by atoms with E-state index in [0.717, 1.165) is 32.4 Å². The van der Waals surface area contributed by atoms with Crippen LogP contribution in [0, 0.1) is 0 Å². The molecule has 19 heavy (non-hydrogen) atoms. The number of phenols is 1. The summed E-state index contributed by atoms with van der Waals surface area (Å²) >= 11 is 0. The number of piperidine rings is 1. The quantitative estimate of drug-likeness (QED) is 0.872. The Labute approximate surface area is 114 Å². The topological polar surface area (TPSA) is 52.6 Å². The van der Waals surface area contributed by atoms with Crippen molar-refractivity contribution in [1.82, 2.24) is 10.2 Å². The molecule has 1 saturated heterocycles. The van der Waals surface area contributed by atoms with Crippen molar-refractivity contribution < 1.29 is 9.90 Å². The van der Waals surface area contributed by atoms with Gasteiger partial charge in [0.05, 0.1) is 0 Å². The molecular weight excluding hydrogens is 240 g/mol. The van der Waals surface area contributed by atoms with E-state index in [2.05, 4.69) is 5.32 Å². The second kappa shape index (κ2) is 6.57. The third-order valence-electron chi connectivity index (χ3n) is 3.73. The predicted octanol–water partition coefficient (Wildman–Crippen LogP) is 2.00. The highest BCUT2D eigenvalue weighted by molar-refractivity contribution is 5.94. The molecule has 1 unspecified atom stereocenters. The summed E-state index contributed by atoms with van der Waals surface area (Å²) in [7, 11) is 1.94. The molecular formula is C15H22N2O2. The van der Waals surface area contributed by atoms with Gasteiger partial charge < -0.3 is 15.3 Å². The van der Waals surface area contributed by atoms with Crippen LogP contribution >= 0.6 is 0 Å². The highest BCUT2D eigenvalue weighted by Gasteiger charge is 2.26. The Morgan fingerprint density at radius 3 is 2.79 bits per heavy atom. The third-order valence-corrected chi connectivity index (χ3v) is 3.73. The number of hydrogen-bond donors (Lipinski definition) is 2. The first kappa shape index (κ1) is 13.9. The Morgan fingerprint density at radius 1 is 1.37 bits per heavy atom. The molecule has 0 bridgehead atoms. The van der Waals surface area contributed by atoms with Crippen molar-refractivity contribution in [3.63, 3.8) is 0 Å². The first-order chi connectivity index (χ1) is 9.22. The molecule has 1 aliphatic heterocycles. The molecule has 1 aromatic carbocycles. The van der Waals surface area contributed by atoms with Gasteiger partial charge in [-0.1, -0.05) is 0 Å². The van der Waals surface area contributed by atoms with E-state index in [-0.39, 0.29) is 11.7 Å². The third kappa shape index (κ3) is 3.47. The zero-order chi connectivity index (χ0) is 13.7. The molecule has 2 rings (SSSR count). The molecule has 2 N–H and O–H groups in total. The van der Waals surface area contributed by atoms with Gasteiger partial charge in [0.2, 0.25) is 0 Å². The Hall–Kier alpha value is -1.55. The van der Waals surface area contributed by atoms with Gasteiger partial charge in [0.15, 0.2) is 0 Å². The van der Waals surface area contributed by atoms with Crippen LogP contribution in [-0.2, 0) is 0 Å². The van der Waals surface area contributed by atoms with Crippen molar-refractivity contribution in [2.75, 3.05) is 20.1 Å². The summed E-state index contributed by atoms with van der Waals surface area (Å²) in [6.45, 7) is 1.78. The number of likely N-dealkylation sites (tertiary alicyclic amines) is 1. The maximum Gasteiger partial charge on any atom is 0.254 e. The second-order valence-corrected chi connectivity index (χ2v) is 5.09. The highest BCUT2D eigenvalue weighted by atomic mass is 16.3. The van der Waals surface area contributed by atoms with E-state index in [4.69, 9.17) is 0 Å². The standard InChI is InChI=1S/C15H22N2O2/c1-16-10-9-13-4-2-3-11-17(13)15(19)12-5-7-14(18)8-6-12/h5-8,13,16,18H,2-4,9-11H2,1H3. The minimum atomic E-state index is 0.0841. The average molecular weight is 262 g/mol. The summed E-state index contributed by atoms with van der Waals surface area (Å²) in [4.78, 5) is 14.5. The first-order valence-electron chi connectivity index (χ1n) is 6.97. The van der Waals surface area contributed by atoms with Crippen molar-refractivity contribution >= 4 is 5.91 Å². The smallest absolute Gasteiger partial charge is 0.254 e. The van der Waals surface area contributed by atoms with Crippen molar-refractivity contribution in [2.45, 2.75) is 31.7 Å². The molecule has 1 aliphatic rings. The molecule has 0 radical (unpaired) electrons. The van der Waals surface area contributed by atoms with Crippen LogP contribution < -0.4 is 5.32 Å². The highest BCUT2D eigenvalue weighted by Crippen LogP contribution is 2.22. The van der Waals surface area contributed by atoms with E-state index in [0.29, 0.717) is 11.6 Å². The molecule has 4 heteroatoms. The van der Waals surface area contributed by atoms with Crippen LogP contribution in [0.1, 0.15) is 36.0 Å². The molecule has 0 spiro atoms. The fourth-order valence-electron chi connectivity index (χ4n) is 2.65. The molecule has 0 aromatic heterocycles. The minimum absolute atomic E-state index is 0.0841. The first-order valence-corrected chi connectivity index (χ1v) is 6.97. The van der Waals surface area contributed by atoms with E-state index in [9.17, 15) is 9.90 Å². The zero-order valence-corrected chi connectivity index (χ0v) is 11.4. The number of amides is 1. The van der Waals surface area contributed by atoms with Crippen LogP contribution in [-0.4, -0.2) is 42.1 Å². The lowest BCUT2D eigenvalue weighted by atomic mass is 9.98. The number of nitrogens with one attached hydrogen (secondary N) is 1. The summed E-state index contributed by atoms with van der Waals surface area (Å²) in [6.07, 6.45) is 4.37. The minimum Gasteiger partial charge on any atom is -0.508 e. The SMILES string of the molecule is CNCCC1CCCCN1C(=O)c1ccc(O)cc1. The fourth-order valence-corrected chi connectivity index (χ4v) is 2.65. The Kier molecular flexibility index (Phi) is 4.80. The molecule has 1 heterocycles. The van der Waals surface area contributed by atoms with Crippen molar-refractivity contribution in [1.29, 1.82) is 0 Å². The number of aromatic hydroxyl groups is 1. The van der Waals surface area contributed by atoms with Gasteiger partial charge in [0.25, 0.3) is 5.91 Å². The zero-order valence-electron chi connectivity index (χ0n) is 11.4. The monoisotopic (exact) mass is 262 g/mol. The van der Waals surface area contributed by atoms with Crippen LogP contribution in [0.5, 0.6) is 5.75 Å². The van der Waals surface area contributed by atoms with Gasteiger partial charge in [-0.25, -0.2) is 0 Å². The number of carbonyl (C=O) groups is 1. The summed E-state index contributed by atoms with van der Waals surface area (Å²) < 4.78 is 0. The maximum absolute atomic E-state index is 12.5. The van der Waals surface area contributed by atoms with Crippen molar-refractivity contribution in [2.24, 2.45) is 0 Å². The van der Waals surface area contributed by atoms with E-state index in [1.807, 2.05) is 11.9 Å². The van der Waals surface area contributed by atoms with Crippen LogP contribution in [0.3, 0.4) is 0 Å². The lowest BCUT2D eigenvalue weighted by Crippen LogP contribution is -2.44. The van der Waals surface area contributed by atoms with Crippen molar-refractivity contribution in [3.8, 4) is 5.75 Å². The lowest BCUT2D eigenvalue weighted by molar-refractivity contribution is 0.0602. The van der Waals surface area contributed by atoms with E-state index >= 15 is 0 Å². The number of carbonyl (C=O) groups excluding carboxylic acids is 1. The predicted molar refractivity (Wildman–Crippen MR) is 75.3 cm³/mol. The Bertz CT molecular complexity index is 417. The van der Waals surface area contributed by atoms with Gasteiger partial charge in [-0.2, -0.15) is 0 Å². The van der Waals surface area contributed by atoms with Crippen LogP contribution in [0.2, 0.25) is 0 Å². The van der Waals surface area contributed by atoms with Crippen LogP contribution in [0.4, 0.5) is 0 Å². The van der Waals surface area contributed by atoms with Gasteiger partial charge in [-0.3, -0.25) is 4.79 Å². The fraction of sp³-hybridized carbons (Fsp3) is 0.533. The number of rotatable bonds is 4. The summed E-state index contributed by atoms with van der Waals surface area (Å²) in [6, 6.07) is 6.87. The number of phenolic OH excluding ortho intramolecular Hbond substituents is 1. The number of nitrogens with zero attached hydrogens (tertiary/aromatic N) is 1. The summed E-state index contributed by atoms with van der Waals surface area (Å²) in [5, 5.41) is 12.4. The van der Waals surface area contributed by atoms with Crippen LogP contribution in [0.25, 0.3) is 0 Å². The van der Waals surface area contributed by atoms with Crippen molar-refractivity contribution in [3.05, 3.63) is 29.8 Å². The molecule has 0 aliphatic carbocycles. The normalized spacial score (nSPS) is 19.4. The maximum atomic E-state index is 12.5. The molecule has 1 fully saturated rings. The molecule has 1 amide bonds. The van der Waals surface area contributed by atoms with E-state index < -0.39 is 0 Å².